The highest BCUT2D eigenvalue weighted by Crippen LogP contribution is 2.26. The Kier molecular flexibility index (Phi) is 6.42. The largest absolute Gasteiger partial charge is 0.433 e. The predicted molar refractivity (Wildman–Crippen MR) is 97.7 cm³/mol. The lowest BCUT2D eigenvalue weighted by molar-refractivity contribution is -0.141. The maximum Gasteiger partial charge on any atom is 0.433 e. The summed E-state index contributed by atoms with van der Waals surface area (Å²) in [5.74, 6) is 0.451. The lowest BCUT2D eigenvalue weighted by Gasteiger charge is -2.36. The summed E-state index contributed by atoms with van der Waals surface area (Å²) in [6.45, 7) is 2.98. The summed E-state index contributed by atoms with van der Waals surface area (Å²) in [5, 5.41) is 0. The summed E-state index contributed by atoms with van der Waals surface area (Å²) in [5.41, 5.74) is -1.81. The standard InChI is InChI=1S/C19H27F3N4O2/c1-24-15(4-2-3-5-17(24)27)12-25-8-6-14(7-9-25)11-26-13-23-16(10-18(26)28)19(20,21)22/h10,13-15H,2-9,11-12H2,1H3. The van der Waals surface area contributed by atoms with Crippen molar-refractivity contribution in [2.75, 3.05) is 26.7 Å². The van der Waals surface area contributed by atoms with E-state index >= 15 is 0 Å². The molecule has 3 heterocycles. The molecule has 1 atom stereocenters. The Labute approximate surface area is 162 Å². The summed E-state index contributed by atoms with van der Waals surface area (Å²) < 4.78 is 39.2. The number of aromatic nitrogens is 2. The van der Waals surface area contributed by atoms with Crippen LogP contribution in [-0.2, 0) is 17.5 Å². The fourth-order valence-corrected chi connectivity index (χ4v) is 4.09. The van der Waals surface area contributed by atoms with E-state index in [2.05, 4.69) is 9.88 Å². The van der Waals surface area contributed by atoms with Crippen LogP contribution >= 0.6 is 0 Å². The first-order valence-electron chi connectivity index (χ1n) is 9.85. The minimum atomic E-state index is -4.60. The van der Waals surface area contributed by atoms with Crippen LogP contribution in [0.4, 0.5) is 13.2 Å². The summed E-state index contributed by atoms with van der Waals surface area (Å²) in [7, 11) is 1.88. The second-order valence-corrected chi connectivity index (χ2v) is 7.91. The summed E-state index contributed by atoms with van der Waals surface area (Å²) in [6.07, 6.45) is 1.83. The highest BCUT2D eigenvalue weighted by Gasteiger charge is 2.33. The van der Waals surface area contributed by atoms with E-state index < -0.39 is 17.4 Å². The van der Waals surface area contributed by atoms with Gasteiger partial charge in [-0.05, 0) is 44.7 Å². The maximum atomic E-state index is 12.6. The molecule has 156 valence electrons. The number of rotatable bonds is 4. The molecule has 1 amide bonds. The number of halogens is 3. The summed E-state index contributed by atoms with van der Waals surface area (Å²) in [4.78, 5) is 31.6. The highest BCUT2D eigenvalue weighted by atomic mass is 19.4. The van der Waals surface area contributed by atoms with Crippen molar-refractivity contribution in [2.45, 2.75) is 57.3 Å². The van der Waals surface area contributed by atoms with E-state index in [1.165, 1.54) is 4.57 Å². The first-order valence-corrected chi connectivity index (χ1v) is 9.85. The molecule has 2 aliphatic heterocycles. The lowest BCUT2D eigenvalue weighted by Crippen LogP contribution is -2.46. The first-order chi connectivity index (χ1) is 13.2. The van der Waals surface area contributed by atoms with Gasteiger partial charge in [-0.2, -0.15) is 13.2 Å². The third kappa shape index (κ3) is 5.12. The van der Waals surface area contributed by atoms with Crippen molar-refractivity contribution in [1.29, 1.82) is 0 Å². The van der Waals surface area contributed by atoms with Crippen LogP contribution in [-0.4, -0.2) is 58.0 Å². The van der Waals surface area contributed by atoms with Crippen molar-refractivity contribution in [3.63, 3.8) is 0 Å². The third-order valence-corrected chi connectivity index (χ3v) is 5.92. The van der Waals surface area contributed by atoms with Crippen molar-refractivity contribution in [2.24, 2.45) is 5.92 Å². The molecule has 0 aliphatic carbocycles. The third-order valence-electron chi connectivity index (χ3n) is 5.92. The molecule has 1 unspecified atom stereocenters. The number of carbonyl (C=O) groups excluding carboxylic acids is 1. The van der Waals surface area contributed by atoms with Crippen LogP contribution in [0.25, 0.3) is 0 Å². The van der Waals surface area contributed by atoms with Gasteiger partial charge >= 0.3 is 6.18 Å². The molecule has 28 heavy (non-hydrogen) atoms. The van der Waals surface area contributed by atoms with Gasteiger partial charge in [0, 0.05) is 38.7 Å². The molecular formula is C19H27F3N4O2. The van der Waals surface area contributed by atoms with Crippen LogP contribution in [0.5, 0.6) is 0 Å². The smallest absolute Gasteiger partial charge is 0.341 e. The van der Waals surface area contributed by atoms with Crippen molar-refractivity contribution in [3.8, 4) is 0 Å². The van der Waals surface area contributed by atoms with Gasteiger partial charge in [0.15, 0.2) is 5.69 Å². The maximum absolute atomic E-state index is 12.6. The van der Waals surface area contributed by atoms with E-state index in [-0.39, 0.29) is 17.9 Å². The zero-order valence-corrected chi connectivity index (χ0v) is 16.1. The molecule has 2 saturated heterocycles. The van der Waals surface area contributed by atoms with Gasteiger partial charge in [-0.3, -0.25) is 14.2 Å². The fourth-order valence-electron chi connectivity index (χ4n) is 4.09. The van der Waals surface area contributed by atoms with E-state index in [4.69, 9.17) is 0 Å². The van der Waals surface area contributed by atoms with Gasteiger partial charge in [-0.1, -0.05) is 6.42 Å². The Morgan fingerprint density at radius 1 is 1.11 bits per heavy atom. The topological polar surface area (TPSA) is 58.4 Å². The van der Waals surface area contributed by atoms with Crippen LogP contribution < -0.4 is 5.56 Å². The molecule has 0 aromatic carbocycles. The van der Waals surface area contributed by atoms with Gasteiger partial charge in [0.2, 0.25) is 5.91 Å². The molecule has 0 radical (unpaired) electrons. The Balaban J connectivity index is 1.52. The molecule has 0 N–H and O–H groups in total. The van der Waals surface area contributed by atoms with Crippen molar-refractivity contribution in [1.82, 2.24) is 19.4 Å². The molecule has 2 aliphatic rings. The van der Waals surface area contributed by atoms with E-state index in [9.17, 15) is 22.8 Å². The van der Waals surface area contributed by atoms with Gasteiger partial charge in [0.05, 0.1) is 6.33 Å². The number of piperidine rings is 1. The Morgan fingerprint density at radius 2 is 1.82 bits per heavy atom. The quantitative estimate of drug-likeness (QED) is 0.779. The first kappa shape index (κ1) is 20.8. The van der Waals surface area contributed by atoms with E-state index in [0.717, 1.165) is 58.1 Å². The van der Waals surface area contributed by atoms with Gasteiger partial charge in [0.25, 0.3) is 5.56 Å². The average molecular weight is 400 g/mol. The number of likely N-dealkylation sites (N-methyl/N-ethyl adjacent to an activating group) is 1. The van der Waals surface area contributed by atoms with Crippen LogP contribution in [0.2, 0.25) is 0 Å². The molecule has 6 nitrogen and oxygen atoms in total. The lowest BCUT2D eigenvalue weighted by atomic mass is 9.96. The van der Waals surface area contributed by atoms with E-state index in [0.29, 0.717) is 19.0 Å². The van der Waals surface area contributed by atoms with Crippen molar-refractivity contribution >= 4 is 5.91 Å². The van der Waals surface area contributed by atoms with Gasteiger partial charge in [-0.25, -0.2) is 4.98 Å². The van der Waals surface area contributed by atoms with Gasteiger partial charge in [-0.15, -0.1) is 0 Å². The number of likely N-dealkylation sites (tertiary alicyclic amines) is 2. The molecule has 0 bridgehead atoms. The SMILES string of the molecule is CN1C(=O)CCCCC1CN1CCC(Cn2cnc(C(F)(F)F)cc2=O)CC1. The molecular weight excluding hydrogens is 373 g/mol. The Hall–Kier alpha value is -1.90. The fraction of sp³-hybridized carbons (Fsp3) is 0.737. The number of hydrogen-bond acceptors (Lipinski definition) is 4. The zero-order valence-electron chi connectivity index (χ0n) is 16.1. The molecule has 0 spiro atoms. The number of hydrogen-bond donors (Lipinski definition) is 0. The van der Waals surface area contributed by atoms with Crippen LogP contribution in [0.1, 0.15) is 44.2 Å². The van der Waals surface area contributed by atoms with E-state index in [1.54, 1.807) is 0 Å². The van der Waals surface area contributed by atoms with Crippen LogP contribution in [0.15, 0.2) is 17.2 Å². The second-order valence-electron chi connectivity index (χ2n) is 7.91. The van der Waals surface area contributed by atoms with Crippen molar-refractivity contribution in [3.05, 3.63) is 28.4 Å². The molecule has 0 saturated carbocycles. The number of amides is 1. The van der Waals surface area contributed by atoms with Crippen molar-refractivity contribution < 1.29 is 18.0 Å². The Bertz CT molecular complexity index is 741. The van der Waals surface area contributed by atoms with Gasteiger partial charge < -0.3 is 9.80 Å². The minimum Gasteiger partial charge on any atom is -0.341 e. The van der Waals surface area contributed by atoms with Crippen LogP contribution in [0, 0.1) is 5.92 Å². The van der Waals surface area contributed by atoms with E-state index in [1.807, 2.05) is 11.9 Å². The second kappa shape index (κ2) is 8.63. The summed E-state index contributed by atoms with van der Waals surface area (Å²) in [6, 6.07) is 0.807. The molecule has 1 aromatic heterocycles. The monoisotopic (exact) mass is 400 g/mol. The number of nitrogens with zero attached hydrogens (tertiary/aromatic N) is 4. The average Bonchev–Trinajstić information content (AvgIpc) is 2.80. The number of carbonyl (C=O) groups is 1. The van der Waals surface area contributed by atoms with Crippen LogP contribution in [0.3, 0.4) is 0 Å². The molecule has 1 aromatic rings. The highest BCUT2D eigenvalue weighted by molar-refractivity contribution is 5.76. The minimum absolute atomic E-state index is 0.214. The summed E-state index contributed by atoms with van der Waals surface area (Å²) >= 11 is 0. The number of alkyl halides is 3. The predicted octanol–water partition coefficient (Wildman–Crippen LogP) is 2.38. The zero-order chi connectivity index (χ0) is 20.3. The Morgan fingerprint density at radius 3 is 2.46 bits per heavy atom. The normalized spacial score (nSPS) is 23.1. The molecule has 2 fully saturated rings. The molecule has 9 heteroatoms. The molecule has 3 rings (SSSR count). The van der Waals surface area contributed by atoms with Gasteiger partial charge in [0.1, 0.15) is 0 Å².